The summed E-state index contributed by atoms with van der Waals surface area (Å²) in [5, 5.41) is 2.18. The first-order valence-electron chi connectivity index (χ1n) is 33.1. The predicted octanol–water partition coefficient (Wildman–Crippen LogP) is 20.0. The molecule has 4 aliphatic heterocycles. The number of fused-ring (bicyclic) bond motifs is 11. The highest BCUT2D eigenvalue weighted by atomic mass is 32.2. The predicted molar refractivity (Wildman–Crippen MR) is 407 cm³/mol. The van der Waals surface area contributed by atoms with Crippen LogP contribution in [0, 0.1) is 20.8 Å². The molecule has 0 spiro atoms. The zero-order chi connectivity index (χ0) is 63.7. The van der Waals surface area contributed by atoms with Crippen LogP contribution in [0.4, 0.5) is 85.3 Å². The molecule has 452 valence electrons. The lowest BCUT2D eigenvalue weighted by molar-refractivity contribution is 0.669. The summed E-state index contributed by atoms with van der Waals surface area (Å²) in [6.45, 7) is 6.42. The molecule has 0 N–H and O–H groups in total. The van der Waals surface area contributed by atoms with Gasteiger partial charge in [-0.25, -0.2) is 0 Å². The van der Waals surface area contributed by atoms with Gasteiger partial charge in [0.1, 0.15) is 11.2 Å². The van der Waals surface area contributed by atoms with Crippen LogP contribution < -0.4 is 57.3 Å². The number of nitrogens with zero attached hydrogens (tertiary/aromatic N) is 5. The van der Waals surface area contributed by atoms with Crippen LogP contribution in [0.5, 0.6) is 0 Å². The van der Waals surface area contributed by atoms with Crippen molar-refractivity contribution in [2.45, 2.75) is 30.6 Å². The Morgan fingerprint density at radius 3 is 1.46 bits per heavy atom. The highest BCUT2D eigenvalue weighted by molar-refractivity contribution is 8.00. The van der Waals surface area contributed by atoms with Gasteiger partial charge in [0.15, 0.2) is 0 Å². The summed E-state index contributed by atoms with van der Waals surface area (Å²) in [4.78, 5) is 15.2. The van der Waals surface area contributed by atoms with Gasteiger partial charge >= 0.3 is 0 Å². The maximum absolute atomic E-state index is 6.74. The first-order valence-corrected chi connectivity index (χ1v) is 33.9. The van der Waals surface area contributed by atoms with Crippen LogP contribution in [-0.4, -0.2) is 13.4 Å². The summed E-state index contributed by atoms with van der Waals surface area (Å²) in [5.74, 6) is 0. The van der Waals surface area contributed by atoms with Crippen LogP contribution in [0.2, 0.25) is 0 Å². The molecule has 14 aromatic carbocycles. The third-order valence-electron chi connectivity index (χ3n) is 20.0. The Labute approximate surface area is 564 Å². The highest BCUT2D eigenvalue weighted by Gasteiger charge is 2.48. The number of para-hydroxylation sites is 8. The van der Waals surface area contributed by atoms with Gasteiger partial charge in [-0.15, -0.1) is 0 Å². The van der Waals surface area contributed by atoms with Crippen molar-refractivity contribution in [2.24, 2.45) is 0 Å². The minimum Gasteiger partial charge on any atom is -0.456 e. The van der Waals surface area contributed by atoms with Crippen LogP contribution in [0.1, 0.15) is 16.7 Å². The van der Waals surface area contributed by atoms with Gasteiger partial charge in [0.05, 0.1) is 17.1 Å². The van der Waals surface area contributed by atoms with Gasteiger partial charge < -0.3 is 28.9 Å². The smallest absolute Gasteiger partial charge is 0.252 e. The van der Waals surface area contributed by atoms with Gasteiger partial charge in [0.2, 0.25) is 6.71 Å². The van der Waals surface area contributed by atoms with Gasteiger partial charge in [-0.2, -0.15) is 0 Å². The molecule has 0 saturated heterocycles. The van der Waals surface area contributed by atoms with Gasteiger partial charge in [0, 0.05) is 94.4 Å². The van der Waals surface area contributed by atoms with E-state index in [-0.39, 0.29) is 13.4 Å². The van der Waals surface area contributed by atoms with Crippen molar-refractivity contribution in [1.82, 2.24) is 0 Å². The first-order chi connectivity index (χ1) is 47.4. The largest absolute Gasteiger partial charge is 0.456 e. The lowest BCUT2D eigenvalue weighted by atomic mass is 9.30. The number of hydrogen-bond acceptors (Lipinski definition) is 7. The van der Waals surface area contributed by atoms with Gasteiger partial charge in [-0.1, -0.05) is 217 Å². The van der Waals surface area contributed by atoms with Crippen molar-refractivity contribution in [3.63, 3.8) is 0 Å². The van der Waals surface area contributed by atoms with Crippen LogP contribution >= 0.6 is 11.8 Å². The van der Waals surface area contributed by atoms with Crippen LogP contribution in [0.15, 0.2) is 330 Å². The van der Waals surface area contributed by atoms with Crippen molar-refractivity contribution in [1.29, 1.82) is 0 Å². The molecule has 5 heterocycles. The molecule has 0 unspecified atom stereocenters. The Morgan fingerprint density at radius 2 is 0.792 bits per heavy atom. The summed E-state index contributed by atoms with van der Waals surface area (Å²) >= 11 is 1.90. The van der Waals surface area contributed by atoms with E-state index in [1.54, 1.807) is 0 Å². The number of rotatable bonds is 10. The topological polar surface area (TPSA) is 29.3 Å². The minimum atomic E-state index is -0.200. The van der Waals surface area contributed by atoms with Crippen molar-refractivity contribution in [2.75, 3.05) is 24.5 Å². The second-order valence-electron chi connectivity index (χ2n) is 25.7. The fourth-order valence-corrected chi connectivity index (χ4v) is 17.5. The maximum atomic E-state index is 6.74. The zero-order valence-electron chi connectivity index (χ0n) is 53.2. The summed E-state index contributed by atoms with van der Waals surface area (Å²) in [7, 11) is 0. The fraction of sp³-hybridized carbons (Fsp3) is 0.0345. The number of benzene rings is 14. The second kappa shape index (κ2) is 22.3. The van der Waals surface area contributed by atoms with Crippen LogP contribution in [0.3, 0.4) is 0 Å². The van der Waals surface area contributed by atoms with Crippen LogP contribution in [0.25, 0.3) is 33.1 Å². The number of aryl methyl sites for hydroxylation is 3. The van der Waals surface area contributed by atoms with E-state index < -0.39 is 0 Å². The van der Waals surface area contributed by atoms with Crippen molar-refractivity contribution < 1.29 is 4.42 Å². The summed E-state index contributed by atoms with van der Waals surface area (Å²) in [6, 6.07) is 117. The van der Waals surface area contributed by atoms with Crippen molar-refractivity contribution in [3.05, 3.63) is 332 Å². The molecule has 15 aromatic rings. The standard InChI is InChI=1S/C87H61B2N5OS/c1-56-48-57(2)87(58(3)49-56)91(61-32-13-6-14-33-61)65-52-79-86-83(53-65)96-82-47-26-22-42-70(82)89(86)71-54-72-76(55-75(71)93(79)63-36-17-8-18-37-63)94(73-43-23-19-38-66(73)67-40-27-46-81-84(67)68-39-20-25-45-80(68)95-81)78-51-64(90(59-28-9-4-10-29-59)60-30-11-5-12-31-60)50-77-85(78)88(72)69-41-21-24-44-74(69)92(77)62-34-15-7-16-35-62/h4-55H,1-3H3. The summed E-state index contributed by atoms with van der Waals surface area (Å²) < 4.78 is 6.74. The van der Waals surface area contributed by atoms with E-state index in [0.29, 0.717) is 0 Å². The molecule has 19 rings (SSSR count). The van der Waals surface area contributed by atoms with E-state index in [9.17, 15) is 0 Å². The Kier molecular flexibility index (Phi) is 13.0. The number of hydrogen-bond donors (Lipinski definition) is 0. The number of anilines is 15. The van der Waals surface area contributed by atoms with E-state index in [2.05, 4.69) is 361 Å². The SMILES string of the molecule is Cc1cc(C)c(N(c2ccccc2)c2cc3c4c(c2)N(c2ccccc2)c2cc5c(cc2B4c2ccccc2S3)B2c3ccccc3N(c3ccccc3)c3cc(N(c4ccccc4)c4ccccc4)cc(c32)N5c2ccccc2-c2cccc3oc4ccccc4c23)c(C)c1. The molecule has 0 atom stereocenters. The quantitative estimate of drug-likeness (QED) is 0.126. The van der Waals surface area contributed by atoms with Gasteiger partial charge in [0.25, 0.3) is 6.71 Å². The van der Waals surface area contributed by atoms with Crippen LogP contribution in [-0.2, 0) is 0 Å². The average Bonchev–Trinajstić information content (AvgIpc) is 0.840. The molecule has 4 aliphatic rings. The molecule has 0 saturated carbocycles. The molecule has 96 heavy (non-hydrogen) atoms. The summed E-state index contributed by atoms with van der Waals surface area (Å²) in [6.07, 6.45) is 0. The minimum absolute atomic E-state index is 0.115. The first kappa shape index (κ1) is 55.9. The van der Waals surface area contributed by atoms with Gasteiger partial charge in [-0.05, 0) is 186 Å². The van der Waals surface area contributed by atoms with Gasteiger partial charge in [-0.3, -0.25) is 0 Å². The second-order valence-corrected chi connectivity index (χ2v) is 26.8. The molecule has 0 amide bonds. The molecule has 0 aliphatic carbocycles. The van der Waals surface area contributed by atoms with Crippen molar-refractivity contribution in [3.8, 4) is 11.1 Å². The third-order valence-corrected chi connectivity index (χ3v) is 21.2. The fourth-order valence-electron chi connectivity index (χ4n) is 16.3. The molecule has 1 aromatic heterocycles. The lowest BCUT2D eigenvalue weighted by Crippen LogP contribution is -2.64. The molecular formula is C87H61B2N5OS. The Morgan fingerprint density at radius 1 is 0.312 bits per heavy atom. The Hall–Kier alpha value is -11.6. The van der Waals surface area contributed by atoms with Crippen molar-refractivity contribution >= 4 is 165 Å². The Bertz CT molecular complexity index is 5550. The molecule has 0 fully saturated rings. The van der Waals surface area contributed by atoms with E-state index >= 15 is 0 Å². The molecule has 6 nitrogen and oxygen atoms in total. The Balaban J connectivity index is 0.952. The molecule has 0 radical (unpaired) electrons. The van der Waals surface area contributed by atoms with E-state index in [1.165, 1.54) is 64.9 Å². The molecular weight excluding hydrogens is 1180 g/mol. The zero-order valence-corrected chi connectivity index (χ0v) is 54.0. The van der Waals surface area contributed by atoms with E-state index in [1.807, 2.05) is 11.8 Å². The molecule has 9 heteroatoms. The molecule has 0 bridgehead atoms. The average molecular weight is 1250 g/mol. The van der Waals surface area contributed by atoms with E-state index in [4.69, 9.17) is 4.42 Å². The lowest BCUT2D eigenvalue weighted by Gasteiger charge is -2.47. The van der Waals surface area contributed by atoms with E-state index in [0.717, 1.165) is 113 Å². The normalized spacial score (nSPS) is 13.0. The summed E-state index contributed by atoms with van der Waals surface area (Å²) in [5.41, 5.74) is 31.8. The third kappa shape index (κ3) is 8.70. The monoisotopic (exact) mass is 1250 g/mol. The highest BCUT2D eigenvalue weighted by Crippen LogP contribution is 2.54. The maximum Gasteiger partial charge on any atom is 0.252 e. The number of furan rings is 1.